The lowest BCUT2D eigenvalue weighted by molar-refractivity contribution is -0.114. The molecule has 0 radical (unpaired) electrons. The molecule has 0 aromatic heterocycles. The Bertz CT molecular complexity index is 1150. The minimum absolute atomic E-state index is 0.0532. The van der Waals surface area contributed by atoms with Crippen LogP contribution >= 0.6 is 0 Å². The van der Waals surface area contributed by atoms with Crippen LogP contribution in [0.25, 0.3) is 0 Å². The highest BCUT2D eigenvalue weighted by atomic mass is 16.5. The van der Waals surface area contributed by atoms with Gasteiger partial charge < -0.3 is 19.3 Å². The van der Waals surface area contributed by atoms with Crippen LogP contribution in [0.15, 0.2) is 85.5 Å². The van der Waals surface area contributed by atoms with Crippen molar-refractivity contribution in [3.8, 4) is 23.0 Å². The Morgan fingerprint density at radius 1 is 0.686 bits per heavy atom. The SMILES string of the molecule is C=CC(=O)CCCCCOc1ccc(C(=O)Oc2ccc(C(=O)Oc3ccc(O)cc3)cc2)cc1. The summed E-state index contributed by atoms with van der Waals surface area (Å²) in [5.74, 6) is 0.236. The molecule has 7 heteroatoms. The number of rotatable bonds is 12. The van der Waals surface area contributed by atoms with Crippen LogP contribution in [0.2, 0.25) is 0 Å². The molecule has 0 aliphatic heterocycles. The maximum Gasteiger partial charge on any atom is 0.343 e. The van der Waals surface area contributed by atoms with Gasteiger partial charge in [0.1, 0.15) is 23.0 Å². The highest BCUT2D eigenvalue weighted by Crippen LogP contribution is 2.20. The number of carbonyl (C=O) groups is 3. The van der Waals surface area contributed by atoms with E-state index in [0.717, 1.165) is 19.3 Å². The Labute approximate surface area is 203 Å². The fourth-order valence-electron chi connectivity index (χ4n) is 3.06. The van der Waals surface area contributed by atoms with Gasteiger partial charge in [-0.3, -0.25) is 4.79 Å². The number of phenolic OH excluding ortho intramolecular Hbond substituents is 1. The van der Waals surface area contributed by atoms with E-state index in [9.17, 15) is 19.5 Å². The molecule has 7 nitrogen and oxygen atoms in total. The summed E-state index contributed by atoms with van der Waals surface area (Å²) in [6.07, 6.45) is 4.37. The van der Waals surface area contributed by atoms with Gasteiger partial charge in [-0.2, -0.15) is 0 Å². The molecule has 0 saturated carbocycles. The first-order valence-electron chi connectivity index (χ1n) is 11.2. The van der Waals surface area contributed by atoms with E-state index in [4.69, 9.17) is 14.2 Å². The fourth-order valence-corrected chi connectivity index (χ4v) is 3.06. The van der Waals surface area contributed by atoms with Crippen molar-refractivity contribution in [2.24, 2.45) is 0 Å². The van der Waals surface area contributed by atoms with Gasteiger partial charge in [-0.25, -0.2) is 9.59 Å². The molecule has 1 N–H and O–H groups in total. The van der Waals surface area contributed by atoms with E-state index in [1.54, 1.807) is 24.3 Å². The molecule has 3 rings (SSSR count). The van der Waals surface area contributed by atoms with Crippen LogP contribution in [-0.2, 0) is 4.79 Å². The number of hydrogen-bond donors (Lipinski definition) is 1. The van der Waals surface area contributed by atoms with Crippen LogP contribution in [0.3, 0.4) is 0 Å². The number of carbonyl (C=O) groups excluding carboxylic acids is 3. The van der Waals surface area contributed by atoms with Gasteiger partial charge in [-0.15, -0.1) is 0 Å². The summed E-state index contributed by atoms with van der Waals surface area (Å²) < 4.78 is 16.3. The summed E-state index contributed by atoms with van der Waals surface area (Å²) in [5, 5.41) is 9.29. The monoisotopic (exact) mass is 474 g/mol. The minimum Gasteiger partial charge on any atom is -0.508 e. The smallest absolute Gasteiger partial charge is 0.343 e. The van der Waals surface area contributed by atoms with Crippen molar-refractivity contribution in [1.29, 1.82) is 0 Å². The third kappa shape index (κ3) is 8.16. The first-order chi connectivity index (χ1) is 16.9. The molecule has 0 aliphatic rings. The number of ether oxygens (including phenoxy) is 3. The number of esters is 2. The molecule has 0 heterocycles. The topological polar surface area (TPSA) is 99.1 Å². The van der Waals surface area contributed by atoms with E-state index in [1.165, 1.54) is 54.6 Å². The molecular formula is C28H26O7. The number of hydrogen-bond acceptors (Lipinski definition) is 7. The van der Waals surface area contributed by atoms with Crippen LogP contribution in [0.1, 0.15) is 46.4 Å². The number of unbranched alkanes of at least 4 members (excludes halogenated alkanes) is 2. The normalized spacial score (nSPS) is 10.3. The van der Waals surface area contributed by atoms with Crippen LogP contribution in [0, 0.1) is 0 Å². The molecule has 3 aromatic rings. The Kier molecular flexibility index (Phi) is 9.19. The lowest BCUT2D eigenvalue weighted by Gasteiger charge is -2.08. The molecule has 0 atom stereocenters. The van der Waals surface area contributed by atoms with Crippen molar-refractivity contribution in [3.63, 3.8) is 0 Å². The molecular weight excluding hydrogens is 448 g/mol. The number of ketones is 1. The average Bonchev–Trinajstić information content (AvgIpc) is 2.88. The Hall–Kier alpha value is -4.39. The quantitative estimate of drug-likeness (QED) is 0.160. The Morgan fingerprint density at radius 3 is 1.69 bits per heavy atom. The molecule has 0 bridgehead atoms. The third-order valence-electron chi connectivity index (χ3n) is 5.00. The highest BCUT2D eigenvalue weighted by Gasteiger charge is 2.12. The van der Waals surface area contributed by atoms with Crippen molar-refractivity contribution >= 4 is 17.7 Å². The second-order valence-electron chi connectivity index (χ2n) is 7.65. The standard InChI is InChI=1S/C28H26O7/c1-2-22(29)6-4-3-5-19-33-24-13-7-20(8-14-24)27(31)34-25-15-9-21(10-16-25)28(32)35-26-17-11-23(30)12-18-26/h2,7-18,30H,1,3-6,19H2. The second-order valence-corrected chi connectivity index (χ2v) is 7.65. The lowest BCUT2D eigenvalue weighted by atomic mass is 10.1. The molecule has 180 valence electrons. The summed E-state index contributed by atoms with van der Waals surface area (Å²) in [5.41, 5.74) is 0.641. The van der Waals surface area contributed by atoms with E-state index >= 15 is 0 Å². The van der Waals surface area contributed by atoms with Gasteiger partial charge in [0.05, 0.1) is 17.7 Å². The minimum atomic E-state index is -0.575. The number of benzene rings is 3. The van der Waals surface area contributed by atoms with Crippen molar-refractivity contribution < 1.29 is 33.7 Å². The molecule has 0 amide bonds. The summed E-state index contributed by atoms with van der Waals surface area (Å²) >= 11 is 0. The van der Waals surface area contributed by atoms with Crippen LogP contribution in [-0.4, -0.2) is 29.4 Å². The Morgan fingerprint density at radius 2 is 1.17 bits per heavy atom. The number of allylic oxidation sites excluding steroid dienone is 1. The molecule has 0 aliphatic carbocycles. The van der Waals surface area contributed by atoms with E-state index in [1.807, 2.05) is 0 Å². The van der Waals surface area contributed by atoms with Crippen LogP contribution in [0.4, 0.5) is 0 Å². The number of aromatic hydroxyl groups is 1. The van der Waals surface area contributed by atoms with Gasteiger partial charge in [-0.05, 0) is 98.1 Å². The molecule has 35 heavy (non-hydrogen) atoms. The third-order valence-corrected chi connectivity index (χ3v) is 5.00. The van der Waals surface area contributed by atoms with E-state index in [2.05, 4.69) is 6.58 Å². The van der Waals surface area contributed by atoms with Gasteiger partial charge in [0.2, 0.25) is 0 Å². The first kappa shape index (κ1) is 25.2. The zero-order chi connectivity index (χ0) is 25.0. The molecule has 0 unspecified atom stereocenters. The van der Waals surface area contributed by atoms with Crippen molar-refractivity contribution in [2.75, 3.05) is 6.61 Å². The van der Waals surface area contributed by atoms with Crippen molar-refractivity contribution in [2.45, 2.75) is 25.7 Å². The zero-order valence-corrected chi connectivity index (χ0v) is 19.1. The van der Waals surface area contributed by atoms with Gasteiger partial charge in [0.25, 0.3) is 0 Å². The summed E-state index contributed by atoms with van der Waals surface area (Å²) in [6, 6.07) is 18.4. The van der Waals surface area contributed by atoms with Gasteiger partial charge >= 0.3 is 11.9 Å². The molecule has 0 spiro atoms. The first-order valence-corrected chi connectivity index (χ1v) is 11.2. The van der Waals surface area contributed by atoms with Gasteiger partial charge in [-0.1, -0.05) is 6.58 Å². The Balaban J connectivity index is 1.44. The predicted molar refractivity (Wildman–Crippen MR) is 130 cm³/mol. The number of phenols is 1. The van der Waals surface area contributed by atoms with Crippen molar-refractivity contribution in [3.05, 3.63) is 96.6 Å². The van der Waals surface area contributed by atoms with Gasteiger partial charge in [0.15, 0.2) is 5.78 Å². The van der Waals surface area contributed by atoms with Crippen molar-refractivity contribution in [1.82, 2.24) is 0 Å². The molecule has 0 fully saturated rings. The zero-order valence-electron chi connectivity index (χ0n) is 19.1. The van der Waals surface area contributed by atoms with Crippen LogP contribution < -0.4 is 14.2 Å². The maximum absolute atomic E-state index is 12.4. The van der Waals surface area contributed by atoms with E-state index in [-0.39, 0.29) is 22.8 Å². The lowest BCUT2D eigenvalue weighted by Crippen LogP contribution is -2.10. The highest BCUT2D eigenvalue weighted by molar-refractivity contribution is 5.92. The predicted octanol–water partition coefficient (Wildman–Crippen LogP) is 5.52. The maximum atomic E-state index is 12.4. The largest absolute Gasteiger partial charge is 0.508 e. The van der Waals surface area contributed by atoms with E-state index in [0.29, 0.717) is 30.1 Å². The fraction of sp³-hybridized carbons (Fsp3) is 0.179. The average molecular weight is 475 g/mol. The summed E-state index contributed by atoms with van der Waals surface area (Å²) in [6.45, 7) is 3.97. The summed E-state index contributed by atoms with van der Waals surface area (Å²) in [4.78, 5) is 35.8. The summed E-state index contributed by atoms with van der Waals surface area (Å²) in [7, 11) is 0. The second kappa shape index (κ2) is 12.7. The van der Waals surface area contributed by atoms with Gasteiger partial charge in [0, 0.05) is 6.42 Å². The molecule has 0 saturated heterocycles. The van der Waals surface area contributed by atoms with Crippen LogP contribution in [0.5, 0.6) is 23.0 Å². The molecule has 3 aromatic carbocycles. The van der Waals surface area contributed by atoms with E-state index < -0.39 is 11.9 Å².